The number of aromatic nitrogens is 1. The van der Waals surface area contributed by atoms with E-state index in [4.69, 9.17) is 4.74 Å². The lowest BCUT2D eigenvalue weighted by molar-refractivity contribution is -0.115. The molecule has 3 rings (SSSR count). The first-order valence-electron chi connectivity index (χ1n) is 7.61. The lowest BCUT2D eigenvalue weighted by Gasteiger charge is -2.03. The Kier molecular flexibility index (Phi) is 4.91. The second kappa shape index (κ2) is 7.27. The van der Waals surface area contributed by atoms with Crippen molar-refractivity contribution >= 4 is 22.9 Å². The molecule has 0 saturated carbocycles. The van der Waals surface area contributed by atoms with Crippen LogP contribution < -0.4 is 10.1 Å². The minimum atomic E-state index is -0.0331. The van der Waals surface area contributed by atoms with Crippen molar-refractivity contribution in [3.05, 3.63) is 65.2 Å². The highest BCUT2D eigenvalue weighted by Gasteiger charge is 2.13. The number of amides is 1. The van der Waals surface area contributed by atoms with Gasteiger partial charge in [-0.3, -0.25) is 4.79 Å². The molecule has 0 atom stereocenters. The Hall–Kier alpha value is -2.66. The third-order valence-electron chi connectivity index (χ3n) is 3.61. The van der Waals surface area contributed by atoms with Crippen LogP contribution in [0.15, 0.2) is 54.6 Å². The van der Waals surface area contributed by atoms with Gasteiger partial charge >= 0.3 is 0 Å². The first-order chi connectivity index (χ1) is 11.7. The summed E-state index contributed by atoms with van der Waals surface area (Å²) in [7, 11) is 1.64. The van der Waals surface area contributed by atoms with E-state index in [0.29, 0.717) is 6.42 Å². The number of thiazole rings is 1. The van der Waals surface area contributed by atoms with Gasteiger partial charge in [-0.05, 0) is 43.3 Å². The summed E-state index contributed by atoms with van der Waals surface area (Å²) in [6.07, 6.45) is 0.328. The Labute approximate surface area is 145 Å². The van der Waals surface area contributed by atoms with Crippen LogP contribution in [-0.4, -0.2) is 18.0 Å². The molecule has 122 valence electrons. The summed E-state index contributed by atoms with van der Waals surface area (Å²) in [4.78, 5) is 17.8. The number of hydrogen-bond donors (Lipinski definition) is 1. The molecule has 24 heavy (non-hydrogen) atoms. The summed E-state index contributed by atoms with van der Waals surface area (Å²) in [5, 5.41) is 3.82. The number of anilines is 1. The molecule has 0 fully saturated rings. The molecule has 1 aromatic heterocycles. The van der Waals surface area contributed by atoms with Crippen LogP contribution in [0.25, 0.3) is 10.6 Å². The van der Waals surface area contributed by atoms with Crippen molar-refractivity contribution < 1.29 is 9.53 Å². The van der Waals surface area contributed by atoms with E-state index in [1.54, 1.807) is 18.4 Å². The second-order valence-electron chi connectivity index (χ2n) is 5.35. The maximum absolute atomic E-state index is 12.2. The Morgan fingerprint density at radius 1 is 1.12 bits per heavy atom. The zero-order chi connectivity index (χ0) is 16.9. The molecular weight excluding hydrogens is 320 g/mol. The molecule has 0 aliphatic heterocycles. The van der Waals surface area contributed by atoms with Crippen molar-refractivity contribution in [2.75, 3.05) is 12.4 Å². The second-order valence-corrected chi connectivity index (χ2v) is 6.43. The van der Waals surface area contributed by atoms with E-state index in [2.05, 4.69) is 10.3 Å². The Balaban J connectivity index is 1.72. The van der Waals surface area contributed by atoms with Gasteiger partial charge in [0.2, 0.25) is 5.91 Å². The Bertz CT molecular complexity index is 826. The molecule has 1 amide bonds. The van der Waals surface area contributed by atoms with E-state index in [1.807, 2.05) is 61.5 Å². The lowest BCUT2D eigenvalue weighted by Crippen LogP contribution is -2.14. The van der Waals surface area contributed by atoms with Gasteiger partial charge in [-0.2, -0.15) is 0 Å². The van der Waals surface area contributed by atoms with Crippen molar-refractivity contribution in [3.63, 3.8) is 0 Å². The van der Waals surface area contributed by atoms with Gasteiger partial charge in [0.15, 0.2) is 0 Å². The fourth-order valence-corrected chi connectivity index (χ4v) is 3.39. The molecule has 0 aliphatic rings. The van der Waals surface area contributed by atoms with Crippen LogP contribution in [0.3, 0.4) is 0 Å². The van der Waals surface area contributed by atoms with E-state index >= 15 is 0 Å². The van der Waals surface area contributed by atoms with Crippen molar-refractivity contribution in [1.82, 2.24) is 4.98 Å². The topological polar surface area (TPSA) is 51.2 Å². The predicted octanol–water partition coefficient (Wildman–Crippen LogP) is 4.31. The summed E-state index contributed by atoms with van der Waals surface area (Å²) in [6, 6.07) is 17.2. The predicted molar refractivity (Wildman–Crippen MR) is 97.6 cm³/mol. The van der Waals surface area contributed by atoms with Gasteiger partial charge in [0.25, 0.3) is 0 Å². The number of carbonyl (C=O) groups excluding carboxylic acids is 1. The third-order valence-corrected chi connectivity index (χ3v) is 4.81. The van der Waals surface area contributed by atoms with Gasteiger partial charge < -0.3 is 10.1 Å². The number of hydrogen-bond acceptors (Lipinski definition) is 4. The summed E-state index contributed by atoms with van der Waals surface area (Å²) >= 11 is 1.55. The normalized spacial score (nSPS) is 10.4. The van der Waals surface area contributed by atoms with Crippen molar-refractivity contribution in [3.8, 4) is 16.3 Å². The number of nitrogens with one attached hydrogen (secondary N) is 1. The van der Waals surface area contributed by atoms with Crippen molar-refractivity contribution in [2.24, 2.45) is 0 Å². The zero-order valence-corrected chi connectivity index (χ0v) is 14.4. The van der Waals surface area contributed by atoms with Crippen LogP contribution in [0.2, 0.25) is 0 Å². The molecule has 0 saturated heterocycles. The molecule has 0 bridgehead atoms. The zero-order valence-electron chi connectivity index (χ0n) is 13.6. The van der Waals surface area contributed by atoms with Gasteiger partial charge in [-0.25, -0.2) is 4.98 Å². The summed E-state index contributed by atoms with van der Waals surface area (Å²) in [5.41, 5.74) is 2.73. The maximum atomic E-state index is 12.2. The molecule has 0 aliphatic carbocycles. The molecule has 4 nitrogen and oxygen atoms in total. The molecule has 3 aromatic rings. The van der Waals surface area contributed by atoms with Crippen molar-refractivity contribution in [1.29, 1.82) is 0 Å². The third kappa shape index (κ3) is 3.81. The number of benzene rings is 2. The van der Waals surface area contributed by atoms with Gasteiger partial charge in [-0.1, -0.05) is 18.2 Å². The van der Waals surface area contributed by atoms with Gasteiger partial charge in [0, 0.05) is 16.1 Å². The molecule has 0 spiro atoms. The molecule has 1 heterocycles. The van der Waals surface area contributed by atoms with E-state index in [0.717, 1.165) is 32.6 Å². The lowest BCUT2D eigenvalue weighted by atomic mass is 10.2. The molecular formula is C19H18N2O2S. The fourth-order valence-electron chi connectivity index (χ4n) is 2.32. The molecule has 0 radical (unpaired) electrons. The van der Waals surface area contributed by atoms with Crippen molar-refractivity contribution in [2.45, 2.75) is 13.3 Å². The van der Waals surface area contributed by atoms with Crippen LogP contribution in [-0.2, 0) is 11.2 Å². The largest absolute Gasteiger partial charge is 0.497 e. The van der Waals surface area contributed by atoms with Gasteiger partial charge in [0.1, 0.15) is 10.8 Å². The minimum absolute atomic E-state index is 0.0331. The highest BCUT2D eigenvalue weighted by molar-refractivity contribution is 7.15. The average Bonchev–Trinajstić information content (AvgIpc) is 2.96. The number of carbonyl (C=O) groups is 1. The highest BCUT2D eigenvalue weighted by Crippen LogP contribution is 2.29. The van der Waals surface area contributed by atoms with Crippen LogP contribution in [0, 0.1) is 6.92 Å². The standard InChI is InChI=1S/C19H18N2O2S/c1-13-17(12-18(22)21-15-6-4-3-5-7-15)24-19(20-13)14-8-10-16(23-2)11-9-14/h3-11H,12H2,1-2H3,(H,21,22). The van der Waals surface area contributed by atoms with Gasteiger partial charge in [0.05, 0.1) is 19.2 Å². The number of ether oxygens (including phenoxy) is 1. The van der Waals surface area contributed by atoms with Crippen LogP contribution in [0.1, 0.15) is 10.6 Å². The number of aryl methyl sites for hydroxylation is 1. The highest BCUT2D eigenvalue weighted by atomic mass is 32.1. The van der Waals surface area contributed by atoms with Gasteiger partial charge in [-0.15, -0.1) is 11.3 Å². The maximum Gasteiger partial charge on any atom is 0.229 e. The molecule has 0 unspecified atom stereocenters. The first-order valence-corrected chi connectivity index (χ1v) is 8.43. The molecule has 2 aromatic carbocycles. The summed E-state index contributed by atoms with van der Waals surface area (Å²) in [6.45, 7) is 1.94. The van der Waals surface area contributed by atoms with Crippen LogP contribution in [0.4, 0.5) is 5.69 Å². The van der Waals surface area contributed by atoms with E-state index < -0.39 is 0 Å². The number of para-hydroxylation sites is 1. The van der Waals surface area contributed by atoms with E-state index in [-0.39, 0.29) is 5.91 Å². The monoisotopic (exact) mass is 338 g/mol. The summed E-state index contributed by atoms with van der Waals surface area (Å²) in [5.74, 6) is 0.781. The number of rotatable bonds is 5. The smallest absolute Gasteiger partial charge is 0.229 e. The van der Waals surface area contributed by atoms with E-state index in [9.17, 15) is 4.79 Å². The fraction of sp³-hybridized carbons (Fsp3) is 0.158. The van der Waals surface area contributed by atoms with Crippen LogP contribution >= 0.6 is 11.3 Å². The van der Waals surface area contributed by atoms with E-state index in [1.165, 1.54) is 0 Å². The number of nitrogens with zero attached hydrogens (tertiary/aromatic N) is 1. The minimum Gasteiger partial charge on any atom is -0.497 e. The first kappa shape index (κ1) is 16.2. The Morgan fingerprint density at radius 2 is 1.83 bits per heavy atom. The Morgan fingerprint density at radius 3 is 2.50 bits per heavy atom. The molecule has 1 N–H and O–H groups in total. The number of methoxy groups -OCH3 is 1. The molecule has 5 heteroatoms. The quantitative estimate of drug-likeness (QED) is 0.754. The summed E-state index contributed by atoms with van der Waals surface area (Å²) < 4.78 is 5.17. The SMILES string of the molecule is COc1ccc(-c2nc(C)c(CC(=O)Nc3ccccc3)s2)cc1. The average molecular weight is 338 g/mol. The van der Waals surface area contributed by atoms with Crippen LogP contribution in [0.5, 0.6) is 5.75 Å².